The van der Waals surface area contributed by atoms with Crippen molar-refractivity contribution in [2.75, 3.05) is 12.8 Å². The Balaban J connectivity index is 2.37. The van der Waals surface area contributed by atoms with Crippen LogP contribution in [0, 0.1) is 0 Å². The van der Waals surface area contributed by atoms with E-state index in [-0.39, 0.29) is 5.78 Å². The largest absolute Gasteiger partial charge is 0.495 e. The Labute approximate surface area is 111 Å². The number of carbonyl (C=O) groups excluding carboxylic acids is 1. The van der Waals surface area contributed by atoms with Gasteiger partial charge in [0.2, 0.25) is 5.78 Å². The van der Waals surface area contributed by atoms with Gasteiger partial charge in [0.15, 0.2) is 0 Å². The van der Waals surface area contributed by atoms with Crippen molar-refractivity contribution < 1.29 is 9.53 Å². The Hall–Kier alpha value is -1.33. The van der Waals surface area contributed by atoms with E-state index in [1.807, 2.05) is 6.07 Å². The van der Waals surface area contributed by atoms with Crippen LogP contribution in [-0.2, 0) is 0 Å². The van der Waals surface area contributed by atoms with Gasteiger partial charge >= 0.3 is 0 Å². The van der Waals surface area contributed by atoms with Crippen molar-refractivity contribution >= 4 is 38.7 Å². The molecule has 5 heteroatoms. The van der Waals surface area contributed by atoms with Gasteiger partial charge in [-0.2, -0.15) is 0 Å². The van der Waals surface area contributed by atoms with E-state index in [0.717, 1.165) is 3.79 Å². The number of ketones is 1. The highest BCUT2D eigenvalue weighted by Gasteiger charge is 2.13. The first-order valence-electron chi connectivity index (χ1n) is 4.85. The molecule has 2 N–H and O–H groups in total. The van der Waals surface area contributed by atoms with Crippen LogP contribution < -0.4 is 10.5 Å². The number of ether oxygens (including phenoxy) is 1. The molecule has 0 fully saturated rings. The third-order valence-electron chi connectivity index (χ3n) is 2.29. The van der Waals surface area contributed by atoms with Crippen LogP contribution in [0.3, 0.4) is 0 Å². The van der Waals surface area contributed by atoms with Crippen LogP contribution in [0.4, 0.5) is 5.69 Å². The second-order valence-corrected chi connectivity index (χ2v) is 5.85. The van der Waals surface area contributed by atoms with Crippen LogP contribution in [-0.4, -0.2) is 12.9 Å². The molecule has 0 spiro atoms. The van der Waals surface area contributed by atoms with Crippen LogP contribution in [0.2, 0.25) is 0 Å². The predicted octanol–water partition coefficient (Wildman–Crippen LogP) is 3.33. The van der Waals surface area contributed by atoms with E-state index in [1.165, 1.54) is 18.4 Å². The number of rotatable bonds is 3. The van der Waals surface area contributed by atoms with E-state index in [9.17, 15) is 4.79 Å². The quantitative estimate of drug-likeness (QED) is 0.698. The minimum atomic E-state index is -0.0287. The summed E-state index contributed by atoms with van der Waals surface area (Å²) >= 11 is 4.74. The van der Waals surface area contributed by atoms with Crippen molar-refractivity contribution in [3.63, 3.8) is 0 Å². The molecule has 0 atom stereocenters. The molecule has 0 bridgehead atoms. The van der Waals surface area contributed by atoms with E-state index >= 15 is 0 Å². The van der Waals surface area contributed by atoms with Gasteiger partial charge < -0.3 is 10.5 Å². The lowest BCUT2D eigenvalue weighted by Crippen LogP contribution is -2.00. The number of methoxy groups -OCH3 is 1. The molecule has 0 saturated carbocycles. The molecule has 1 aromatic carbocycles. The fraction of sp³-hybridized carbons (Fsp3) is 0.0833. The molecule has 3 nitrogen and oxygen atoms in total. The Kier molecular flexibility index (Phi) is 3.49. The van der Waals surface area contributed by atoms with Gasteiger partial charge in [-0.15, -0.1) is 11.3 Å². The highest BCUT2D eigenvalue weighted by atomic mass is 79.9. The number of hydrogen-bond donors (Lipinski definition) is 1. The molecule has 0 saturated heterocycles. The topological polar surface area (TPSA) is 52.3 Å². The number of nitrogen functional groups attached to an aromatic ring is 1. The first-order chi connectivity index (χ1) is 8.11. The number of halogens is 1. The highest BCUT2D eigenvalue weighted by Crippen LogP contribution is 2.27. The van der Waals surface area contributed by atoms with E-state index in [0.29, 0.717) is 21.9 Å². The first kappa shape index (κ1) is 12.1. The molecule has 17 heavy (non-hydrogen) atoms. The zero-order valence-corrected chi connectivity index (χ0v) is 11.5. The van der Waals surface area contributed by atoms with Gasteiger partial charge in [0.05, 0.1) is 21.5 Å². The van der Waals surface area contributed by atoms with Gasteiger partial charge in [-0.1, -0.05) is 0 Å². The van der Waals surface area contributed by atoms with Crippen LogP contribution in [0.25, 0.3) is 0 Å². The number of benzene rings is 1. The summed E-state index contributed by atoms with van der Waals surface area (Å²) in [5.74, 6) is 0.491. The number of carbonyl (C=O) groups is 1. The smallest absolute Gasteiger partial charge is 0.203 e. The third-order valence-corrected chi connectivity index (χ3v) is 3.92. The van der Waals surface area contributed by atoms with E-state index in [2.05, 4.69) is 15.9 Å². The summed E-state index contributed by atoms with van der Waals surface area (Å²) in [6.45, 7) is 0. The van der Waals surface area contributed by atoms with Gasteiger partial charge in [0, 0.05) is 5.56 Å². The molecular weight excluding hydrogens is 302 g/mol. The number of anilines is 1. The first-order valence-corrected chi connectivity index (χ1v) is 6.46. The second-order valence-electron chi connectivity index (χ2n) is 3.39. The number of nitrogens with two attached hydrogens (primary N) is 1. The average Bonchev–Trinajstić information content (AvgIpc) is 2.75. The molecule has 88 valence electrons. The molecule has 2 aromatic rings. The third kappa shape index (κ3) is 2.50. The highest BCUT2D eigenvalue weighted by molar-refractivity contribution is 9.11. The maximum absolute atomic E-state index is 12.1. The molecule has 0 aliphatic rings. The Bertz CT molecular complexity index is 565. The fourth-order valence-electron chi connectivity index (χ4n) is 1.43. The number of thiophene rings is 1. The SMILES string of the molecule is COc1cc(C(=O)c2ccc(Br)s2)ccc1N. The van der Waals surface area contributed by atoms with Crippen LogP contribution in [0.5, 0.6) is 5.75 Å². The molecule has 2 rings (SSSR count). The van der Waals surface area contributed by atoms with Gasteiger partial charge in [-0.05, 0) is 46.3 Å². The summed E-state index contributed by atoms with van der Waals surface area (Å²) < 4.78 is 6.03. The average molecular weight is 312 g/mol. The lowest BCUT2D eigenvalue weighted by Gasteiger charge is -2.05. The Morgan fingerprint density at radius 1 is 1.35 bits per heavy atom. The lowest BCUT2D eigenvalue weighted by molar-refractivity contribution is 0.104. The monoisotopic (exact) mass is 311 g/mol. The van der Waals surface area contributed by atoms with E-state index in [1.54, 1.807) is 24.3 Å². The molecule has 1 aromatic heterocycles. The summed E-state index contributed by atoms with van der Waals surface area (Å²) in [4.78, 5) is 12.8. The van der Waals surface area contributed by atoms with Gasteiger partial charge in [0.1, 0.15) is 5.75 Å². The fourth-order valence-corrected chi connectivity index (χ4v) is 2.78. The van der Waals surface area contributed by atoms with Crippen molar-refractivity contribution in [2.45, 2.75) is 0 Å². The maximum Gasteiger partial charge on any atom is 0.203 e. The Morgan fingerprint density at radius 3 is 2.71 bits per heavy atom. The summed E-state index contributed by atoms with van der Waals surface area (Å²) in [7, 11) is 1.53. The zero-order chi connectivity index (χ0) is 12.4. The van der Waals surface area contributed by atoms with Gasteiger partial charge in [-0.25, -0.2) is 0 Å². The second kappa shape index (κ2) is 4.89. The molecule has 0 amide bonds. The minimum Gasteiger partial charge on any atom is -0.495 e. The molecular formula is C12H10BrNO2S. The van der Waals surface area contributed by atoms with E-state index in [4.69, 9.17) is 10.5 Å². The summed E-state index contributed by atoms with van der Waals surface area (Å²) in [5, 5.41) is 0. The number of hydrogen-bond acceptors (Lipinski definition) is 4. The zero-order valence-electron chi connectivity index (χ0n) is 9.07. The normalized spacial score (nSPS) is 10.2. The van der Waals surface area contributed by atoms with Crippen molar-refractivity contribution in [1.29, 1.82) is 0 Å². The molecule has 0 unspecified atom stereocenters. The van der Waals surface area contributed by atoms with Crippen molar-refractivity contribution in [1.82, 2.24) is 0 Å². The summed E-state index contributed by atoms with van der Waals surface area (Å²) in [5.41, 5.74) is 6.80. The van der Waals surface area contributed by atoms with E-state index < -0.39 is 0 Å². The Morgan fingerprint density at radius 2 is 2.12 bits per heavy atom. The van der Waals surface area contributed by atoms with Crippen molar-refractivity contribution in [3.8, 4) is 5.75 Å². The van der Waals surface area contributed by atoms with Crippen LogP contribution in [0.1, 0.15) is 15.2 Å². The van der Waals surface area contributed by atoms with Crippen LogP contribution in [0.15, 0.2) is 34.1 Å². The molecule has 0 aliphatic carbocycles. The predicted molar refractivity (Wildman–Crippen MR) is 72.9 cm³/mol. The van der Waals surface area contributed by atoms with Crippen LogP contribution >= 0.6 is 27.3 Å². The van der Waals surface area contributed by atoms with Gasteiger partial charge in [0.25, 0.3) is 0 Å². The molecule has 1 heterocycles. The van der Waals surface area contributed by atoms with Crippen molar-refractivity contribution in [3.05, 3.63) is 44.6 Å². The standard InChI is InChI=1S/C12H10BrNO2S/c1-16-9-6-7(2-3-8(9)14)12(15)10-4-5-11(13)17-10/h2-6H,14H2,1H3. The summed E-state index contributed by atoms with van der Waals surface area (Å²) in [6.07, 6.45) is 0. The summed E-state index contributed by atoms with van der Waals surface area (Å²) in [6, 6.07) is 8.68. The maximum atomic E-state index is 12.1. The van der Waals surface area contributed by atoms with Crippen molar-refractivity contribution in [2.24, 2.45) is 0 Å². The van der Waals surface area contributed by atoms with Gasteiger partial charge in [-0.3, -0.25) is 4.79 Å². The molecule has 0 radical (unpaired) electrons. The lowest BCUT2D eigenvalue weighted by atomic mass is 10.1. The molecule has 0 aliphatic heterocycles. The minimum absolute atomic E-state index is 0.0287.